The van der Waals surface area contributed by atoms with Gasteiger partial charge in [-0.25, -0.2) is 9.97 Å². The Hall–Kier alpha value is -2.93. The van der Waals surface area contributed by atoms with Gasteiger partial charge in [-0.3, -0.25) is 9.69 Å². The fourth-order valence-corrected chi connectivity index (χ4v) is 5.94. The highest BCUT2D eigenvalue weighted by atomic mass is 35.5. The maximum absolute atomic E-state index is 13.0. The fourth-order valence-electron chi connectivity index (χ4n) is 5.73. The Bertz CT molecular complexity index is 1140. The van der Waals surface area contributed by atoms with Crippen LogP contribution in [0.2, 0.25) is 5.02 Å². The smallest absolute Gasteiger partial charge is 0.316 e. The van der Waals surface area contributed by atoms with Crippen LogP contribution in [0.5, 0.6) is 11.8 Å². The molecule has 2 heterocycles. The third-order valence-electron chi connectivity index (χ3n) is 7.52. The van der Waals surface area contributed by atoms with Gasteiger partial charge in [0.1, 0.15) is 24.5 Å². The molecule has 1 saturated carbocycles. The first kappa shape index (κ1) is 27.1. The predicted molar refractivity (Wildman–Crippen MR) is 139 cm³/mol. The van der Waals surface area contributed by atoms with Gasteiger partial charge in [-0.15, -0.1) is 0 Å². The molecule has 0 radical (unpaired) electrons. The predicted octanol–water partition coefficient (Wildman–Crippen LogP) is 3.45. The molecule has 0 bridgehead atoms. The normalized spacial score (nSPS) is 22.9. The minimum atomic E-state index is -0.367. The quantitative estimate of drug-likeness (QED) is 0.535. The number of aliphatic hydroxyl groups is 1. The molecule has 9 nitrogen and oxygen atoms in total. The lowest BCUT2D eigenvalue weighted by atomic mass is 9.49. The summed E-state index contributed by atoms with van der Waals surface area (Å²) >= 11 is 6.17. The maximum Gasteiger partial charge on any atom is 0.316 e. The summed E-state index contributed by atoms with van der Waals surface area (Å²) in [5.41, 5.74) is 0.0156. The molecule has 1 aliphatic carbocycles. The zero-order chi connectivity index (χ0) is 26.8. The van der Waals surface area contributed by atoms with E-state index in [1.54, 1.807) is 18.2 Å². The van der Waals surface area contributed by atoms with Crippen LogP contribution < -0.4 is 14.8 Å². The zero-order valence-corrected chi connectivity index (χ0v) is 22.5. The summed E-state index contributed by atoms with van der Waals surface area (Å²) in [6.45, 7) is 11.1. The van der Waals surface area contributed by atoms with Crippen molar-refractivity contribution in [1.29, 1.82) is 5.26 Å². The number of nitrogens with one attached hydrogen (secondary N) is 1. The molecule has 198 valence electrons. The van der Waals surface area contributed by atoms with Gasteiger partial charge in [0.25, 0.3) is 5.91 Å². The number of likely N-dealkylation sites (tertiary alicyclic amines) is 1. The second-order valence-electron chi connectivity index (χ2n) is 11.0. The molecule has 0 unspecified atom stereocenters. The molecule has 10 heteroatoms. The van der Waals surface area contributed by atoms with Gasteiger partial charge in [0, 0.05) is 55.0 Å². The molecular weight excluding hydrogens is 494 g/mol. The van der Waals surface area contributed by atoms with Gasteiger partial charge in [0.15, 0.2) is 0 Å². The number of rotatable bonds is 8. The summed E-state index contributed by atoms with van der Waals surface area (Å²) in [5, 5.41) is 22.2. The summed E-state index contributed by atoms with van der Waals surface area (Å²) in [4.78, 5) is 23.7. The van der Waals surface area contributed by atoms with Crippen LogP contribution in [-0.4, -0.2) is 70.4 Å². The Labute approximate surface area is 222 Å². The van der Waals surface area contributed by atoms with E-state index in [2.05, 4.69) is 47.9 Å². The molecule has 2 N–H and O–H groups in total. The summed E-state index contributed by atoms with van der Waals surface area (Å²) in [6.07, 6.45) is 4.12. The highest BCUT2D eigenvalue weighted by Gasteiger charge is 2.64. The van der Waals surface area contributed by atoms with E-state index in [1.807, 2.05) is 6.07 Å². The van der Waals surface area contributed by atoms with Crippen molar-refractivity contribution in [1.82, 2.24) is 20.2 Å². The van der Waals surface area contributed by atoms with Crippen LogP contribution >= 0.6 is 11.6 Å². The van der Waals surface area contributed by atoms with Crippen molar-refractivity contribution < 1.29 is 19.4 Å². The van der Waals surface area contributed by atoms with Gasteiger partial charge >= 0.3 is 6.01 Å². The average Bonchev–Trinajstić information content (AvgIpc) is 2.87. The molecule has 0 atom stereocenters. The molecule has 37 heavy (non-hydrogen) atoms. The third-order valence-corrected chi connectivity index (χ3v) is 7.83. The van der Waals surface area contributed by atoms with E-state index in [-0.39, 0.29) is 41.0 Å². The van der Waals surface area contributed by atoms with Crippen LogP contribution in [0.1, 0.15) is 56.5 Å². The van der Waals surface area contributed by atoms with E-state index >= 15 is 0 Å². The SMILES string of the molecule is CC1(C)C(NC(=O)c2cnc(OCCN3CCC(O)CC3)nc2)C(C)(C)C1Oc1ccc(C#N)c(Cl)c1. The van der Waals surface area contributed by atoms with Gasteiger partial charge in [-0.2, -0.15) is 5.26 Å². The third kappa shape index (κ3) is 5.82. The van der Waals surface area contributed by atoms with Gasteiger partial charge in [-0.1, -0.05) is 39.3 Å². The van der Waals surface area contributed by atoms with Gasteiger partial charge in [0.2, 0.25) is 0 Å². The second-order valence-corrected chi connectivity index (χ2v) is 11.4. The fraction of sp³-hybridized carbons (Fsp3) is 0.556. The molecule has 1 aromatic heterocycles. The van der Waals surface area contributed by atoms with Crippen molar-refractivity contribution >= 4 is 17.5 Å². The average molecular weight is 528 g/mol. The number of benzene rings is 1. The number of ether oxygens (including phenoxy) is 2. The number of hydrogen-bond acceptors (Lipinski definition) is 8. The minimum absolute atomic E-state index is 0.162. The lowest BCUT2D eigenvalue weighted by Crippen LogP contribution is -2.74. The van der Waals surface area contributed by atoms with Crippen molar-refractivity contribution in [3.8, 4) is 17.8 Å². The molecule has 1 aromatic carbocycles. The van der Waals surface area contributed by atoms with Crippen molar-refractivity contribution in [3.63, 3.8) is 0 Å². The van der Waals surface area contributed by atoms with Crippen LogP contribution in [0.4, 0.5) is 0 Å². The van der Waals surface area contributed by atoms with Gasteiger partial charge in [-0.05, 0) is 25.0 Å². The first-order valence-electron chi connectivity index (χ1n) is 12.5. The highest BCUT2D eigenvalue weighted by molar-refractivity contribution is 6.31. The van der Waals surface area contributed by atoms with Crippen LogP contribution in [-0.2, 0) is 0 Å². The molecule has 2 aromatic rings. The van der Waals surface area contributed by atoms with Crippen LogP contribution in [0, 0.1) is 22.2 Å². The number of amides is 1. The van der Waals surface area contributed by atoms with Crippen LogP contribution in [0.25, 0.3) is 0 Å². The van der Waals surface area contributed by atoms with E-state index < -0.39 is 0 Å². The zero-order valence-electron chi connectivity index (χ0n) is 21.7. The summed E-state index contributed by atoms with van der Waals surface area (Å²) in [5.74, 6) is 0.325. The number of aromatic nitrogens is 2. The van der Waals surface area contributed by atoms with E-state index in [0.717, 1.165) is 32.5 Å². The maximum atomic E-state index is 13.0. The number of hydrogen-bond donors (Lipinski definition) is 2. The lowest BCUT2D eigenvalue weighted by Gasteiger charge is -2.63. The minimum Gasteiger partial charge on any atom is -0.489 e. The molecule has 1 aliphatic heterocycles. The van der Waals surface area contributed by atoms with E-state index in [9.17, 15) is 9.90 Å². The van der Waals surface area contributed by atoms with Crippen molar-refractivity contribution in [3.05, 3.63) is 46.7 Å². The summed E-state index contributed by atoms with van der Waals surface area (Å²) in [7, 11) is 0. The van der Waals surface area contributed by atoms with Gasteiger partial charge < -0.3 is 19.9 Å². The first-order valence-corrected chi connectivity index (χ1v) is 12.9. The Morgan fingerprint density at radius 2 is 1.86 bits per heavy atom. The number of carbonyl (C=O) groups is 1. The molecule has 2 aliphatic rings. The Kier molecular flexibility index (Phi) is 7.93. The lowest BCUT2D eigenvalue weighted by molar-refractivity contribution is -0.164. The molecule has 1 amide bonds. The Morgan fingerprint density at radius 1 is 1.22 bits per heavy atom. The van der Waals surface area contributed by atoms with E-state index in [1.165, 1.54) is 12.4 Å². The van der Waals surface area contributed by atoms with Crippen molar-refractivity contribution in [2.45, 2.75) is 58.8 Å². The molecular formula is C27H34ClN5O4. The van der Waals surface area contributed by atoms with Crippen LogP contribution in [0.3, 0.4) is 0 Å². The number of aliphatic hydroxyl groups excluding tert-OH is 1. The molecule has 2 fully saturated rings. The number of nitrogens with zero attached hydrogens (tertiary/aromatic N) is 4. The largest absolute Gasteiger partial charge is 0.489 e. The molecule has 4 rings (SSSR count). The number of nitriles is 1. The topological polar surface area (TPSA) is 121 Å². The van der Waals surface area contributed by atoms with Gasteiger partial charge in [0.05, 0.1) is 22.3 Å². The Morgan fingerprint density at radius 3 is 2.46 bits per heavy atom. The Balaban J connectivity index is 1.31. The van der Waals surface area contributed by atoms with E-state index in [0.29, 0.717) is 28.5 Å². The van der Waals surface area contributed by atoms with E-state index in [4.69, 9.17) is 26.3 Å². The van der Waals surface area contributed by atoms with Crippen LogP contribution in [0.15, 0.2) is 30.6 Å². The summed E-state index contributed by atoms with van der Waals surface area (Å²) in [6, 6.07) is 7.14. The highest BCUT2D eigenvalue weighted by Crippen LogP contribution is 2.55. The number of piperidine rings is 1. The number of halogens is 1. The first-order chi connectivity index (χ1) is 17.5. The molecule has 1 saturated heterocycles. The monoisotopic (exact) mass is 527 g/mol. The second kappa shape index (κ2) is 10.8. The standard InChI is InChI=1S/C27H34ClN5O4/c1-26(2)23(27(3,4)24(26)37-20-6-5-17(14-29)21(28)13-20)32-22(35)18-15-30-25(31-16-18)36-12-11-33-9-7-19(34)8-10-33/h5-6,13,15-16,19,23-24,34H,7-12H2,1-4H3,(H,32,35). The molecule has 0 spiro atoms. The number of carbonyl (C=O) groups excluding carboxylic acids is 1. The van der Waals surface area contributed by atoms with Crippen molar-refractivity contribution in [2.75, 3.05) is 26.2 Å². The summed E-state index contributed by atoms with van der Waals surface area (Å²) < 4.78 is 11.9. The van der Waals surface area contributed by atoms with Crippen molar-refractivity contribution in [2.24, 2.45) is 10.8 Å².